The summed E-state index contributed by atoms with van der Waals surface area (Å²) in [7, 11) is 0. The van der Waals surface area contributed by atoms with Gasteiger partial charge in [0.25, 0.3) is 0 Å². The predicted octanol–water partition coefficient (Wildman–Crippen LogP) is 4.92. The smallest absolute Gasteiger partial charge is 0.173 e. The van der Waals surface area contributed by atoms with Crippen LogP contribution in [0.4, 0.5) is 4.39 Å². The molecule has 1 nitrogen and oxygen atoms in total. The highest BCUT2D eigenvalue weighted by atomic mass is 32.2. The molecule has 2 aromatic rings. The van der Waals surface area contributed by atoms with Crippen LogP contribution in [0.2, 0.25) is 0 Å². The van der Waals surface area contributed by atoms with Crippen LogP contribution in [0.3, 0.4) is 0 Å². The first-order valence-corrected chi connectivity index (χ1v) is 7.57. The minimum Gasteiger partial charge on any atom is -0.293 e. The van der Waals surface area contributed by atoms with Gasteiger partial charge < -0.3 is 0 Å². The van der Waals surface area contributed by atoms with E-state index >= 15 is 0 Å². The summed E-state index contributed by atoms with van der Waals surface area (Å²) < 4.78 is 13.5. The number of thioether (sulfide) groups is 1. The molecule has 0 amide bonds. The largest absolute Gasteiger partial charge is 0.293 e. The third-order valence-corrected chi connectivity index (χ3v) is 4.14. The molecule has 0 aliphatic heterocycles. The van der Waals surface area contributed by atoms with Crippen LogP contribution in [-0.2, 0) is 0 Å². The average molecular weight is 288 g/mol. The second-order valence-corrected chi connectivity index (χ2v) is 5.94. The minimum absolute atomic E-state index is 0.0218. The van der Waals surface area contributed by atoms with E-state index in [1.807, 2.05) is 24.3 Å². The highest BCUT2D eigenvalue weighted by molar-refractivity contribution is 8.00. The van der Waals surface area contributed by atoms with Crippen molar-refractivity contribution in [2.24, 2.45) is 0 Å². The summed E-state index contributed by atoms with van der Waals surface area (Å²) in [5.41, 5.74) is 1.89. The fourth-order valence-corrected chi connectivity index (χ4v) is 2.68. The van der Waals surface area contributed by atoms with Gasteiger partial charge in [-0.2, -0.15) is 0 Å². The molecule has 0 unspecified atom stereocenters. The normalized spacial score (nSPS) is 10.8. The number of hydrogen-bond acceptors (Lipinski definition) is 2. The van der Waals surface area contributed by atoms with Crippen molar-refractivity contribution in [3.05, 3.63) is 65.5 Å². The number of hydrogen-bond donors (Lipinski definition) is 0. The number of carbonyl (C=O) groups excluding carboxylic acids is 1. The van der Waals surface area contributed by atoms with Crippen molar-refractivity contribution in [1.82, 2.24) is 0 Å². The van der Waals surface area contributed by atoms with Crippen molar-refractivity contribution in [1.29, 1.82) is 0 Å². The molecular formula is C17H17FOS. The van der Waals surface area contributed by atoms with Crippen LogP contribution < -0.4 is 0 Å². The van der Waals surface area contributed by atoms with Crippen molar-refractivity contribution in [2.75, 3.05) is 5.75 Å². The van der Waals surface area contributed by atoms with Gasteiger partial charge >= 0.3 is 0 Å². The van der Waals surface area contributed by atoms with Crippen molar-refractivity contribution in [3.8, 4) is 0 Å². The van der Waals surface area contributed by atoms with Crippen molar-refractivity contribution in [3.63, 3.8) is 0 Å². The monoisotopic (exact) mass is 288 g/mol. The van der Waals surface area contributed by atoms with Crippen molar-refractivity contribution in [2.45, 2.75) is 24.7 Å². The van der Waals surface area contributed by atoms with E-state index in [9.17, 15) is 9.18 Å². The molecule has 0 aliphatic carbocycles. The molecule has 0 aliphatic rings. The molecule has 0 bridgehead atoms. The molecule has 20 heavy (non-hydrogen) atoms. The second kappa shape index (κ2) is 6.71. The molecule has 0 aromatic heterocycles. The standard InChI is InChI=1S/C17H17FOS/c1-12(2)13-7-9-14(10-8-13)16(19)11-20-17-6-4-3-5-15(17)18/h3-10,12H,11H2,1-2H3. The predicted molar refractivity (Wildman–Crippen MR) is 82.0 cm³/mol. The Morgan fingerprint density at radius 3 is 2.35 bits per heavy atom. The van der Waals surface area contributed by atoms with Gasteiger partial charge in [-0.3, -0.25) is 4.79 Å². The van der Waals surface area contributed by atoms with E-state index in [-0.39, 0.29) is 17.4 Å². The lowest BCUT2D eigenvalue weighted by Crippen LogP contribution is -2.03. The Labute approximate surface area is 123 Å². The van der Waals surface area contributed by atoms with E-state index in [1.165, 1.54) is 23.4 Å². The van der Waals surface area contributed by atoms with Crippen LogP contribution in [-0.4, -0.2) is 11.5 Å². The van der Waals surface area contributed by atoms with Gasteiger partial charge in [0.05, 0.1) is 5.75 Å². The zero-order valence-electron chi connectivity index (χ0n) is 11.6. The maximum atomic E-state index is 13.5. The van der Waals surface area contributed by atoms with Crippen LogP contribution >= 0.6 is 11.8 Å². The topological polar surface area (TPSA) is 17.1 Å². The van der Waals surface area contributed by atoms with Gasteiger partial charge in [-0.25, -0.2) is 4.39 Å². The molecule has 0 N–H and O–H groups in total. The maximum absolute atomic E-state index is 13.5. The Bertz CT molecular complexity index is 590. The summed E-state index contributed by atoms with van der Waals surface area (Å²) in [5.74, 6) is 0.447. The quantitative estimate of drug-likeness (QED) is 0.573. The van der Waals surface area contributed by atoms with E-state index in [0.29, 0.717) is 16.4 Å². The van der Waals surface area contributed by atoms with Gasteiger partial charge in [0.15, 0.2) is 5.78 Å². The summed E-state index contributed by atoms with van der Waals surface area (Å²) in [6.07, 6.45) is 0. The lowest BCUT2D eigenvalue weighted by molar-refractivity contribution is 0.102. The van der Waals surface area contributed by atoms with Crippen LogP contribution in [0.5, 0.6) is 0 Å². The van der Waals surface area contributed by atoms with E-state index in [4.69, 9.17) is 0 Å². The number of benzene rings is 2. The van der Waals surface area contributed by atoms with Gasteiger partial charge in [0, 0.05) is 10.5 Å². The Kier molecular flexibility index (Phi) is 4.96. The summed E-state index contributed by atoms with van der Waals surface area (Å²) in [6, 6.07) is 14.2. The van der Waals surface area contributed by atoms with Gasteiger partial charge in [0.1, 0.15) is 5.82 Å². The van der Waals surface area contributed by atoms with E-state index in [0.717, 1.165) is 0 Å². The van der Waals surface area contributed by atoms with Crippen molar-refractivity contribution < 1.29 is 9.18 Å². The molecule has 0 saturated carbocycles. The van der Waals surface area contributed by atoms with E-state index in [2.05, 4.69) is 13.8 Å². The first-order valence-electron chi connectivity index (χ1n) is 6.58. The van der Waals surface area contributed by atoms with Gasteiger partial charge in [0.2, 0.25) is 0 Å². The lowest BCUT2D eigenvalue weighted by atomic mass is 10.0. The summed E-state index contributed by atoms with van der Waals surface area (Å²) in [5, 5.41) is 0. The van der Waals surface area contributed by atoms with Crippen LogP contribution in [0.1, 0.15) is 35.7 Å². The van der Waals surface area contributed by atoms with Gasteiger partial charge in [-0.05, 0) is 23.6 Å². The molecule has 0 fully saturated rings. The molecular weight excluding hydrogens is 271 g/mol. The number of halogens is 1. The van der Waals surface area contributed by atoms with Crippen LogP contribution in [0.15, 0.2) is 53.4 Å². The Hall–Kier alpha value is -1.61. The van der Waals surface area contributed by atoms with Gasteiger partial charge in [-0.1, -0.05) is 50.2 Å². The molecule has 0 spiro atoms. The molecule has 0 saturated heterocycles. The summed E-state index contributed by atoms with van der Waals surface area (Å²) in [4.78, 5) is 12.6. The molecule has 0 heterocycles. The molecule has 0 atom stereocenters. The third kappa shape index (κ3) is 3.70. The molecule has 2 rings (SSSR count). The second-order valence-electron chi connectivity index (χ2n) is 4.92. The number of carbonyl (C=O) groups is 1. The Morgan fingerprint density at radius 2 is 1.75 bits per heavy atom. The third-order valence-electron chi connectivity index (χ3n) is 3.09. The maximum Gasteiger partial charge on any atom is 0.173 e. The molecule has 2 aromatic carbocycles. The van der Waals surface area contributed by atoms with Crippen LogP contribution in [0.25, 0.3) is 0 Å². The van der Waals surface area contributed by atoms with E-state index in [1.54, 1.807) is 18.2 Å². The SMILES string of the molecule is CC(C)c1ccc(C(=O)CSc2ccccc2F)cc1. The van der Waals surface area contributed by atoms with E-state index < -0.39 is 0 Å². The number of rotatable bonds is 5. The fraction of sp³-hybridized carbons (Fsp3) is 0.235. The highest BCUT2D eigenvalue weighted by Crippen LogP contribution is 2.22. The minimum atomic E-state index is -0.277. The lowest BCUT2D eigenvalue weighted by Gasteiger charge is -2.06. The van der Waals surface area contributed by atoms with Crippen molar-refractivity contribution >= 4 is 17.5 Å². The summed E-state index contributed by atoms with van der Waals surface area (Å²) in [6.45, 7) is 4.23. The van der Waals surface area contributed by atoms with Crippen LogP contribution in [0, 0.1) is 5.82 Å². The first-order chi connectivity index (χ1) is 9.58. The zero-order chi connectivity index (χ0) is 14.5. The number of ketones is 1. The Balaban J connectivity index is 2.00. The number of Topliss-reactive ketones (excluding diaryl/α,β-unsaturated/α-hetero) is 1. The zero-order valence-corrected chi connectivity index (χ0v) is 12.4. The average Bonchev–Trinajstić information content (AvgIpc) is 2.46. The van der Waals surface area contributed by atoms with Gasteiger partial charge in [-0.15, -0.1) is 11.8 Å². The fourth-order valence-electron chi connectivity index (χ4n) is 1.84. The molecule has 3 heteroatoms. The molecule has 0 radical (unpaired) electrons. The first kappa shape index (κ1) is 14.8. The highest BCUT2D eigenvalue weighted by Gasteiger charge is 2.09. The molecule has 104 valence electrons. The Morgan fingerprint density at radius 1 is 1.10 bits per heavy atom. The summed E-state index contributed by atoms with van der Waals surface area (Å²) >= 11 is 1.24.